The Morgan fingerprint density at radius 2 is 1.60 bits per heavy atom. The summed E-state index contributed by atoms with van der Waals surface area (Å²) >= 11 is 0. The van der Waals surface area contributed by atoms with Crippen molar-refractivity contribution in [2.24, 2.45) is 0 Å². The van der Waals surface area contributed by atoms with Crippen LogP contribution in [0, 0.1) is 0 Å². The molecule has 2 rings (SSSR count). The number of aromatic nitrogens is 1. The Labute approximate surface area is 173 Å². The number of carbonyl (C=O) groups excluding carboxylic acids is 4. The molecule has 30 heavy (non-hydrogen) atoms. The molecule has 1 heterocycles. The van der Waals surface area contributed by atoms with Crippen LogP contribution in [0.1, 0.15) is 51.0 Å². The van der Waals surface area contributed by atoms with Gasteiger partial charge in [0.15, 0.2) is 0 Å². The van der Waals surface area contributed by atoms with E-state index in [1.807, 2.05) is 18.2 Å². The zero-order valence-corrected chi connectivity index (χ0v) is 17.0. The van der Waals surface area contributed by atoms with Crippen molar-refractivity contribution in [3.05, 3.63) is 58.4 Å². The average Bonchev–Trinajstić information content (AvgIpc) is 3.12. The molecule has 9 nitrogen and oxygen atoms in total. The van der Waals surface area contributed by atoms with E-state index in [9.17, 15) is 19.2 Å². The van der Waals surface area contributed by atoms with Crippen LogP contribution < -0.4 is 0 Å². The predicted octanol–water partition coefficient (Wildman–Crippen LogP) is 2.33. The highest BCUT2D eigenvalue weighted by atomic mass is 16.5. The average molecular weight is 417 g/mol. The molecule has 0 saturated carbocycles. The molecule has 0 radical (unpaired) electrons. The van der Waals surface area contributed by atoms with E-state index in [4.69, 9.17) is 14.2 Å². The summed E-state index contributed by atoms with van der Waals surface area (Å²) in [5, 5.41) is 0. The highest BCUT2D eigenvalue weighted by Crippen LogP contribution is 2.24. The first-order valence-corrected chi connectivity index (χ1v) is 9.10. The van der Waals surface area contributed by atoms with E-state index in [-0.39, 0.29) is 48.6 Å². The highest BCUT2D eigenvalue weighted by molar-refractivity contribution is 5.99. The van der Waals surface area contributed by atoms with Crippen LogP contribution in [-0.2, 0) is 48.2 Å². The molecule has 1 N–H and O–H groups in total. The van der Waals surface area contributed by atoms with Crippen molar-refractivity contribution in [3.63, 3.8) is 0 Å². The number of nitrogens with one attached hydrogen (secondary N) is 1. The van der Waals surface area contributed by atoms with Gasteiger partial charge in [0, 0.05) is 18.9 Å². The third kappa shape index (κ3) is 5.94. The van der Waals surface area contributed by atoms with Gasteiger partial charge in [0.25, 0.3) is 0 Å². The van der Waals surface area contributed by atoms with E-state index in [1.165, 1.54) is 21.1 Å². The maximum absolute atomic E-state index is 12.7. The van der Waals surface area contributed by atoms with Crippen LogP contribution in [0.15, 0.2) is 30.3 Å². The lowest BCUT2D eigenvalue weighted by molar-refractivity contribution is -0.142. The van der Waals surface area contributed by atoms with Gasteiger partial charge in [-0.15, -0.1) is 0 Å². The zero-order valence-electron chi connectivity index (χ0n) is 17.0. The van der Waals surface area contributed by atoms with Crippen molar-refractivity contribution in [2.45, 2.75) is 33.0 Å². The van der Waals surface area contributed by atoms with Crippen LogP contribution in [0.3, 0.4) is 0 Å². The van der Waals surface area contributed by atoms with E-state index in [0.717, 1.165) is 5.56 Å². The van der Waals surface area contributed by atoms with Crippen molar-refractivity contribution >= 4 is 23.9 Å². The van der Waals surface area contributed by atoms with Crippen LogP contribution in [0.25, 0.3) is 0 Å². The van der Waals surface area contributed by atoms with E-state index < -0.39 is 23.9 Å². The fourth-order valence-corrected chi connectivity index (χ4v) is 2.78. The number of hydrogen-bond acceptors (Lipinski definition) is 8. The molecule has 0 amide bonds. The fourth-order valence-electron chi connectivity index (χ4n) is 2.78. The van der Waals surface area contributed by atoms with E-state index in [1.54, 1.807) is 12.1 Å². The minimum Gasteiger partial charge on any atom is -0.469 e. The lowest BCUT2D eigenvalue weighted by Gasteiger charge is -2.08. The SMILES string of the molecule is COC(=O)CCc1c(C(=O)OCc2ccccc2)[nH]c(COC(C)=O)c1C(=O)OC. The van der Waals surface area contributed by atoms with Crippen LogP contribution in [0.2, 0.25) is 0 Å². The Morgan fingerprint density at radius 1 is 0.900 bits per heavy atom. The van der Waals surface area contributed by atoms with Crippen molar-refractivity contribution in [3.8, 4) is 0 Å². The van der Waals surface area contributed by atoms with Gasteiger partial charge in [-0.2, -0.15) is 0 Å². The van der Waals surface area contributed by atoms with Crippen LogP contribution in [0.4, 0.5) is 0 Å². The normalized spacial score (nSPS) is 10.2. The number of ether oxygens (including phenoxy) is 4. The van der Waals surface area contributed by atoms with Crippen LogP contribution in [0.5, 0.6) is 0 Å². The minimum atomic E-state index is -0.740. The molecule has 1 aromatic heterocycles. The van der Waals surface area contributed by atoms with Gasteiger partial charge in [-0.25, -0.2) is 9.59 Å². The van der Waals surface area contributed by atoms with E-state index in [0.29, 0.717) is 0 Å². The number of rotatable bonds is 9. The summed E-state index contributed by atoms with van der Waals surface area (Å²) in [5.41, 5.74) is 1.18. The Bertz CT molecular complexity index is 917. The van der Waals surface area contributed by atoms with Gasteiger partial charge >= 0.3 is 23.9 Å². The van der Waals surface area contributed by atoms with Gasteiger partial charge in [-0.05, 0) is 12.0 Å². The number of carbonyl (C=O) groups is 4. The summed E-state index contributed by atoms with van der Waals surface area (Å²) < 4.78 is 19.8. The maximum atomic E-state index is 12.7. The number of H-pyrrole nitrogens is 1. The smallest absolute Gasteiger partial charge is 0.355 e. The van der Waals surface area contributed by atoms with E-state index >= 15 is 0 Å². The number of hydrogen-bond donors (Lipinski definition) is 1. The molecule has 2 aromatic rings. The van der Waals surface area contributed by atoms with Gasteiger partial charge in [0.2, 0.25) is 0 Å². The first-order valence-electron chi connectivity index (χ1n) is 9.10. The van der Waals surface area contributed by atoms with Crippen molar-refractivity contribution in [1.82, 2.24) is 4.98 Å². The van der Waals surface area contributed by atoms with Gasteiger partial charge < -0.3 is 23.9 Å². The third-order valence-corrected chi connectivity index (χ3v) is 4.21. The number of aromatic amines is 1. The third-order valence-electron chi connectivity index (χ3n) is 4.21. The largest absolute Gasteiger partial charge is 0.469 e. The van der Waals surface area contributed by atoms with Gasteiger partial charge in [0.1, 0.15) is 18.9 Å². The predicted molar refractivity (Wildman–Crippen MR) is 104 cm³/mol. The molecule has 0 aliphatic rings. The number of esters is 4. The molecular weight excluding hydrogens is 394 g/mol. The lowest BCUT2D eigenvalue weighted by Crippen LogP contribution is -2.13. The Balaban J connectivity index is 2.38. The van der Waals surface area contributed by atoms with Crippen molar-refractivity contribution in [2.75, 3.05) is 14.2 Å². The summed E-state index contributed by atoms with van der Waals surface area (Å²) in [6, 6.07) is 9.06. The summed E-state index contributed by atoms with van der Waals surface area (Å²) in [6.07, 6.45) is -0.0617. The van der Waals surface area contributed by atoms with Crippen LogP contribution in [-0.4, -0.2) is 43.1 Å². The summed E-state index contributed by atoms with van der Waals surface area (Å²) in [6.45, 7) is 0.951. The summed E-state index contributed by atoms with van der Waals surface area (Å²) in [7, 11) is 2.42. The first kappa shape index (κ1) is 22.7. The molecule has 0 saturated heterocycles. The fraction of sp³-hybridized carbons (Fsp3) is 0.333. The summed E-state index contributed by atoms with van der Waals surface area (Å²) in [5.74, 6) is -2.55. The van der Waals surface area contributed by atoms with Gasteiger partial charge in [-0.3, -0.25) is 9.59 Å². The molecule has 0 aliphatic heterocycles. The number of benzene rings is 1. The molecule has 9 heteroatoms. The van der Waals surface area contributed by atoms with Crippen molar-refractivity contribution < 1.29 is 38.1 Å². The molecule has 0 bridgehead atoms. The van der Waals surface area contributed by atoms with Crippen LogP contribution >= 0.6 is 0 Å². The Morgan fingerprint density at radius 3 is 2.20 bits per heavy atom. The lowest BCUT2D eigenvalue weighted by atomic mass is 10.0. The molecule has 160 valence electrons. The molecule has 0 unspecified atom stereocenters. The topological polar surface area (TPSA) is 121 Å². The monoisotopic (exact) mass is 417 g/mol. The molecule has 1 aromatic carbocycles. The summed E-state index contributed by atoms with van der Waals surface area (Å²) in [4.78, 5) is 50.7. The number of methoxy groups -OCH3 is 2. The van der Waals surface area contributed by atoms with Gasteiger partial charge in [0.05, 0.1) is 25.5 Å². The second kappa shape index (κ2) is 10.8. The minimum absolute atomic E-state index is 0.0158. The highest BCUT2D eigenvalue weighted by Gasteiger charge is 2.28. The Kier molecular flexibility index (Phi) is 8.16. The van der Waals surface area contributed by atoms with E-state index in [2.05, 4.69) is 9.72 Å². The first-order chi connectivity index (χ1) is 14.4. The second-order valence-electron chi connectivity index (χ2n) is 6.24. The quantitative estimate of drug-likeness (QED) is 0.487. The standard InChI is InChI=1S/C21H23NO8/c1-13(23)29-12-16-18(20(25)28-3)15(9-10-17(24)27-2)19(22-16)21(26)30-11-14-7-5-4-6-8-14/h4-8,22H,9-12H2,1-3H3. The zero-order chi connectivity index (χ0) is 22.1. The molecular formula is C21H23NO8. The van der Waals surface area contributed by atoms with Crippen molar-refractivity contribution in [1.29, 1.82) is 0 Å². The Hall–Kier alpha value is -3.62. The molecule has 0 spiro atoms. The van der Waals surface area contributed by atoms with Gasteiger partial charge in [-0.1, -0.05) is 30.3 Å². The molecule has 0 fully saturated rings. The maximum Gasteiger partial charge on any atom is 0.355 e. The molecule has 0 atom stereocenters. The molecule has 0 aliphatic carbocycles. The second-order valence-corrected chi connectivity index (χ2v) is 6.24.